The first kappa shape index (κ1) is 8.46. The van der Waals surface area contributed by atoms with Crippen molar-refractivity contribution in [2.75, 3.05) is 0 Å². The molecule has 66 valence electrons. The molecule has 0 amide bonds. The summed E-state index contributed by atoms with van der Waals surface area (Å²) in [6, 6.07) is 11.7. The highest BCUT2D eigenvalue weighted by molar-refractivity contribution is 5.58. The molecule has 0 aliphatic carbocycles. The van der Waals surface area contributed by atoms with Crippen LogP contribution in [0.3, 0.4) is 0 Å². The molecule has 0 fully saturated rings. The summed E-state index contributed by atoms with van der Waals surface area (Å²) in [7, 11) is 0. The summed E-state index contributed by atoms with van der Waals surface area (Å²) in [4.78, 5) is 8.15. The van der Waals surface area contributed by atoms with E-state index < -0.39 is 0 Å². The first-order valence-electron chi connectivity index (χ1n) is 4.25. The summed E-state index contributed by atoms with van der Waals surface area (Å²) in [5.74, 6) is 2.84. The fraction of sp³-hybridized carbons (Fsp3) is 0. The van der Waals surface area contributed by atoms with Crippen LogP contribution in [-0.4, -0.2) is 9.97 Å². The number of benzene rings is 1. The van der Waals surface area contributed by atoms with E-state index in [1.54, 1.807) is 6.20 Å². The van der Waals surface area contributed by atoms with Gasteiger partial charge in [-0.05, 0) is 12.0 Å². The fourth-order valence-corrected chi connectivity index (χ4v) is 1.20. The van der Waals surface area contributed by atoms with E-state index in [4.69, 9.17) is 6.42 Å². The number of hydrogen-bond donors (Lipinski definition) is 0. The molecule has 0 aliphatic rings. The maximum Gasteiger partial charge on any atom is 0.205 e. The van der Waals surface area contributed by atoms with E-state index in [1.165, 1.54) is 0 Å². The summed E-state index contributed by atoms with van der Waals surface area (Å²) in [5.41, 5.74) is 1.90. The third-order valence-corrected chi connectivity index (χ3v) is 1.85. The van der Waals surface area contributed by atoms with Crippen LogP contribution in [0.5, 0.6) is 0 Å². The first-order valence-corrected chi connectivity index (χ1v) is 4.25. The molecule has 0 unspecified atom stereocenters. The van der Waals surface area contributed by atoms with Gasteiger partial charge in [0.15, 0.2) is 0 Å². The van der Waals surface area contributed by atoms with Crippen LogP contribution in [0.4, 0.5) is 0 Å². The maximum atomic E-state index is 5.22. The molecule has 2 aromatic rings. The van der Waals surface area contributed by atoms with Gasteiger partial charge < -0.3 is 0 Å². The van der Waals surface area contributed by atoms with E-state index in [9.17, 15) is 0 Å². The van der Waals surface area contributed by atoms with Crippen LogP contribution < -0.4 is 0 Å². The van der Waals surface area contributed by atoms with Crippen molar-refractivity contribution in [2.45, 2.75) is 0 Å². The monoisotopic (exact) mass is 180 g/mol. The van der Waals surface area contributed by atoms with Crippen molar-refractivity contribution in [3.05, 3.63) is 48.4 Å². The summed E-state index contributed by atoms with van der Waals surface area (Å²) < 4.78 is 0. The van der Waals surface area contributed by atoms with Gasteiger partial charge in [0.1, 0.15) is 0 Å². The molecule has 0 bridgehead atoms. The smallest absolute Gasteiger partial charge is 0.205 e. The Morgan fingerprint density at radius 2 is 1.86 bits per heavy atom. The van der Waals surface area contributed by atoms with Gasteiger partial charge in [-0.3, -0.25) is 0 Å². The van der Waals surface area contributed by atoms with Crippen LogP contribution in [-0.2, 0) is 0 Å². The van der Waals surface area contributed by atoms with E-state index in [-0.39, 0.29) is 0 Å². The minimum absolute atomic E-state index is 0.423. The Kier molecular flexibility index (Phi) is 2.24. The molecule has 1 aromatic heterocycles. The zero-order valence-corrected chi connectivity index (χ0v) is 7.51. The predicted molar refractivity (Wildman–Crippen MR) is 55.4 cm³/mol. The summed E-state index contributed by atoms with van der Waals surface area (Å²) in [5, 5.41) is 0. The molecular weight excluding hydrogens is 172 g/mol. The molecule has 2 nitrogen and oxygen atoms in total. The van der Waals surface area contributed by atoms with Gasteiger partial charge in [-0.25, -0.2) is 9.97 Å². The highest BCUT2D eigenvalue weighted by atomic mass is 14.9. The van der Waals surface area contributed by atoms with Gasteiger partial charge in [0.25, 0.3) is 0 Å². The average molecular weight is 180 g/mol. The number of aromatic nitrogens is 2. The topological polar surface area (TPSA) is 25.8 Å². The summed E-state index contributed by atoms with van der Waals surface area (Å²) in [6.45, 7) is 0. The minimum atomic E-state index is 0.423. The lowest BCUT2D eigenvalue weighted by atomic mass is 10.1. The van der Waals surface area contributed by atoms with Gasteiger partial charge in [-0.1, -0.05) is 30.3 Å². The molecular formula is C12H8N2. The average Bonchev–Trinajstić information content (AvgIpc) is 2.30. The van der Waals surface area contributed by atoms with E-state index in [2.05, 4.69) is 15.9 Å². The van der Waals surface area contributed by atoms with Gasteiger partial charge in [0.05, 0.1) is 5.69 Å². The number of nitrogens with zero attached hydrogens (tertiary/aromatic N) is 2. The third-order valence-electron chi connectivity index (χ3n) is 1.85. The van der Waals surface area contributed by atoms with Crippen LogP contribution in [0.15, 0.2) is 42.6 Å². The Hall–Kier alpha value is -2.14. The van der Waals surface area contributed by atoms with Gasteiger partial charge in [-0.15, -0.1) is 6.42 Å². The van der Waals surface area contributed by atoms with Crippen molar-refractivity contribution in [2.24, 2.45) is 0 Å². The molecule has 0 saturated heterocycles. The van der Waals surface area contributed by atoms with Gasteiger partial charge in [-0.2, -0.15) is 0 Å². The Labute approximate surface area is 82.7 Å². The zero-order chi connectivity index (χ0) is 9.80. The molecule has 0 spiro atoms. The van der Waals surface area contributed by atoms with Crippen LogP contribution in [0.1, 0.15) is 5.82 Å². The van der Waals surface area contributed by atoms with Crippen LogP contribution in [0.25, 0.3) is 11.3 Å². The maximum absolute atomic E-state index is 5.22. The predicted octanol–water partition coefficient (Wildman–Crippen LogP) is 2.12. The lowest BCUT2D eigenvalue weighted by Gasteiger charge is -1.99. The highest BCUT2D eigenvalue weighted by Crippen LogP contribution is 2.14. The Bertz CT molecular complexity index is 469. The zero-order valence-electron chi connectivity index (χ0n) is 7.51. The van der Waals surface area contributed by atoms with Crippen molar-refractivity contribution in [1.29, 1.82) is 0 Å². The molecule has 14 heavy (non-hydrogen) atoms. The molecule has 1 heterocycles. The molecule has 2 heteroatoms. The summed E-state index contributed by atoms with van der Waals surface area (Å²) >= 11 is 0. The number of hydrogen-bond acceptors (Lipinski definition) is 2. The molecule has 0 radical (unpaired) electrons. The van der Waals surface area contributed by atoms with Crippen LogP contribution >= 0.6 is 0 Å². The number of rotatable bonds is 1. The SMILES string of the molecule is C#Cc1nccc(-c2ccccc2)n1. The normalized spacial score (nSPS) is 9.36. The van der Waals surface area contributed by atoms with Crippen LogP contribution in [0, 0.1) is 12.3 Å². The lowest BCUT2D eigenvalue weighted by Crippen LogP contribution is -1.90. The Balaban J connectivity index is 2.49. The fourth-order valence-electron chi connectivity index (χ4n) is 1.20. The number of terminal acetylenes is 1. The van der Waals surface area contributed by atoms with Gasteiger partial charge >= 0.3 is 0 Å². The minimum Gasteiger partial charge on any atom is -0.229 e. The van der Waals surface area contributed by atoms with E-state index in [0.717, 1.165) is 11.3 Å². The standard InChI is InChI=1S/C12H8N2/c1-2-12-13-9-8-11(14-12)10-6-4-3-5-7-10/h1,3-9H. The van der Waals surface area contributed by atoms with E-state index in [0.29, 0.717) is 5.82 Å². The molecule has 0 aliphatic heterocycles. The van der Waals surface area contributed by atoms with E-state index >= 15 is 0 Å². The van der Waals surface area contributed by atoms with E-state index in [1.807, 2.05) is 36.4 Å². The highest BCUT2D eigenvalue weighted by Gasteiger charge is 1.98. The first-order chi connectivity index (χ1) is 6.90. The third kappa shape index (κ3) is 1.62. The second kappa shape index (κ2) is 3.71. The van der Waals surface area contributed by atoms with Crippen molar-refractivity contribution in [1.82, 2.24) is 9.97 Å². The molecule has 1 aromatic carbocycles. The Morgan fingerprint density at radius 1 is 1.07 bits per heavy atom. The Morgan fingerprint density at radius 3 is 2.57 bits per heavy atom. The van der Waals surface area contributed by atoms with Crippen molar-refractivity contribution in [3.8, 4) is 23.6 Å². The van der Waals surface area contributed by atoms with Crippen LogP contribution in [0.2, 0.25) is 0 Å². The summed E-state index contributed by atoms with van der Waals surface area (Å²) in [6.07, 6.45) is 6.89. The van der Waals surface area contributed by atoms with Gasteiger partial charge in [0.2, 0.25) is 5.82 Å². The largest absolute Gasteiger partial charge is 0.229 e. The van der Waals surface area contributed by atoms with Gasteiger partial charge in [0, 0.05) is 11.8 Å². The quantitative estimate of drug-likeness (QED) is 0.628. The molecule has 0 saturated carbocycles. The second-order valence-corrected chi connectivity index (χ2v) is 2.78. The molecule has 0 atom stereocenters. The molecule has 0 N–H and O–H groups in total. The lowest BCUT2D eigenvalue weighted by molar-refractivity contribution is 1.13. The second-order valence-electron chi connectivity index (χ2n) is 2.78. The van der Waals surface area contributed by atoms with Crippen molar-refractivity contribution >= 4 is 0 Å². The van der Waals surface area contributed by atoms with Crippen molar-refractivity contribution < 1.29 is 0 Å². The molecule has 2 rings (SSSR count). The van der Waals surface area contributed by atoms with Crippen molar-refractivity contribution in [3.63, 3.8) is 0 Å².